The predicted molar refractivity (Wildman–Crippen MR) is 66.4 cm³/mol. The van der Waals surface area contributed by atoms with Gasteiger partial charge in [-0.25, -0.2) is 0 Å². The van der Waals surface area contributed by atoms with E-state index in [1.54, 1.807) is 0 Å². The van der Waals surface area contributed by atoms with Crippen LogP contribution in [0.1, 0.15) is 26.2 Å². The van der Waals surface area contributed by atoms with Crippen LogP contribution < -0.4 is 35.9 Å². The lowest BCUT2D eigenvalue weighted by Gasteiger charge is -2.08. The summed E-state index contributed by atoms with van der Waals surface area (Å²) < 4.78 is 14.2. The lowest BCUT2D eigenvalue weighted by Crippen LogP contribution is -3.42. The second-order valence-electron chi connectivity index (χ2n) is 3.71. The molecule has 0 heterocycles. The van der Waals surface area contributed by atoms with Crippen molar-refractivity contribution in [2.24, 2.45) is 0 Å². The van der Waals surface area contributed by atoms with Crippen LogP contribution in [0.3, 0.4) is 0 Å². The molecule has 0 amide bonds. The second-order valence-corrected chi connectivity index (χ2v) is 4.54. The number of hydrogen-bond acceptors (Lipinski definition) is 3. The average Bonchev–Trinajstić information content (AvgIpc) is 2.35. The number of ether oxygens (including phenoxy) is 2. The molecule has 1 N–H and O–H groups in total. The van der Waals surface area contributed by atoms with Gasteiger partial charge in [-0.3, -0.25) is 0 Å². The summed E-state index contributed by atoms with van der Waals surface area (Å²) in [5, 5.41) is 0. The van der Waals surface area contributed by atoms with Gasteiger partial charge in [-0.2, -0.15) is 0 Å². The Labute approximate surface area is 117 Å². The molecule has 4 heteroatoms. The van der Waals surface area contributed by atoms with E-state index in [0.717, 1.165) is 31.1 Å². The Hall–Kier alpha value is -0.490. The third-order valence-electron chi connectivity index (χ3n) is 2.31. The van der Waals surface area contributed by atoms with Gasteiger partial charge in [0, 0.05) is 12.6 Å². The van der Waals surface area contributed by atoms with E-state index in [0.29, 0.717) is 6.61 Å². The number of unbranched alkanes of at least 4 members (excludes halogenated alkanes) is 2. The van der Waals surface area contributed by atoms with Gasteiger partial charge >= 0.3 is 22.9 Å². The summed E-state index contributed by atoms with van der Waals surface area (Å²) in [5.74, 6) is 1.77. The molecule has 1 rings (SSSR count). The minimum Gasteiger partial charge on any atom is -0.494 e. The minimum atomic E-state index is 0.688. The Morgan fingerprint density at radius 1 is 1.12 bits per heavy atom. The first-order valence-corrected chi connectivity index (χ1v) is 7.24. The molecule has 0 aliphatic rings. The van der Waals surface area contributed by atoms with Gasteiger partial charge in [-0.15, -0.1) is 3.53 Å². The van der Waals surface area contributed by atoms with Gasteiger partial charge in [0.05, 0.1) is 13.2 Å². The largest absolute Gasteiger partial charge is 0.494 e. The van der Waals surface area contributed by atoms with E-state index in [9.17, 15) is 0 Å². The molecule has 3 nitrogen and oxygen atoms in total. The monoisotopic (exact) mass is 350 g/mol. The highest BCUT2D eigenvalue weighted by Crippen LogP contribution is 2.19. The molecule has 0 aliphatic carbocycles. The van der Waals surface area contributed by atoms with Crippen molar-refractivity contribution in [1.82, 2.24) is 3.53 Å². The van der Waals surface area contributed by atoms with Gasteiger partial charge < -0.3 is 9.47 Å². The quantitative estimate of drug-likeness (QED) is 0.368. The van der Waals surface area contributed by atoms with Crippen LogP contribution in [0.25, 0.3) is 0 Å². The fourth-order valence-electron chi connectivity index (χ4n) is 1.49. The zero-order chi connectivity index (χ0) is 12.3. The van der Waals surface area contributed by atoms with Gasteiger partial charge in [0.25, 0.3) is 0 Å². The van der Waals surface area contributed by atoms with E-state index in [2.05, 4.69) is 3.53 Å². The van der Waals surface area contributed by atoms with Crippen LogP contribution in [0.4, 0.5) is 0 Å². The molecule has 1 aromatic rings. The third-order valence-corrected chi connectivity index (χ3v) is 2.89. The van der Waals surface area contributed by atoms with Crippen LogP contribution in [-0.2, 0) is 0 Å². The summed E-state index contributed by atoms with van der Waals surface area (Å²) in [5.41, 5.74) is 0. The summed E-state index contributed by atoms with van der Waals surface area (Å²) in [6.07, 6.45) is 3.51. The zero-order valence-corrected chi connectivity index (χ0v) is 12.6. The van der Waals surface area contributed by atoms with Crippen molar-refractivity contribution in [2.45, 2.75) is 26.2 Å². The number of halogens is 1. The molecule has 0 atom stereocenters. The fourth-order valence-corrected chi connectivity index (χ4v) is 1.90. The second kappa shape index (κ2) is 9.53. The number of benzene rings is 1. The Balaban J connectivity index is 2.19. The zero-order valence-electron chi connectivity index (χ0n) is 10.3. The first kappa shape index (κ1) is 14.6. The van der Waals surface area contributed by atoms with E-state index in [1.165, 1.54) is 12.8 Å². The molecule has 0 fully saturated rings. The summed E-state index contributed by atoms with van der Waals surface area (Å²) in [6, 6.07) is 7.82. The van der Waals surface area contributed by atoms with Crippen LogP contribution in [0.2, 0.25) is 0 Å². The summed E-state index contributed by atoms with van der Waals surface area (Å²) >= 11 is 1.92. The maximum atomic E-state index is 5.67. The van der Waals surface area contributed by atoms with E-state index in [4.69, 9.17) is 9.47 Å². The minimum absolute atomic E-state index is 0.688. The number of hydrogen-bond donors (Lipinski definition) is 1. The first-order valence-electron chi connectivity index (χ1n) is 6.07. The molecule has 96 valence electrons. The molecule has 0 aromatic heterocycles. The van der Waals surface area contributed by atoms with Crippen molar-refractivity contribution in [1.29, 1.82) is 0 Å². The highest BCUT2D eigenvalue weighted by Gasteiger charge is 1.97. The molecule has 0 radical (unpaired) electrons. The van der Waals surface area contributed by atoms with Crippen molar-refractivity contribution >= 4 is 0 Å². The lowest BCUT2D eigenvalue weighted by atomic mass is 10.2. The van der Waals surface area contributed by atoms with E-state index in [-0.39, 0.29) is 0 Å². The Morgan fingerprint density at radius 2 is 1.88 bits per heavy atom. The topological polar surface area (TPSA) is 30.5 Å². The fraction of sp³-hybridized carbons (Fsp3) is 0.538. The van der Waals surface area contributed by atoms with Crippen LogP contribution in [0.5, 0.6) is 11.5 Å². The van der Waals surface area contributed by atoms with Gasteiger partial charge in [0.1, 0.15) is 11.5 Å². The van der Waals surface area contributed by atoms with Crippen LogP contribution in [-0.4, -0.2) is 19.8 Å². The van der Waals surface area contributed by atoms with E-state index < -0.39 is 0 Å². The van der Waals surface area contributed by atoms with Crippen LogP contribution >= 0.6 is 0 Å². The van der Waals surface area contributed by atoms with Crippen LogP contribution in [0.15, 0.2) is 24.3 Å². The maximum absolute atomic E-state index is 5.67. The molecule has 0 aliphatic heterocycles. The highest BCUT2D eigenvalue weighted by atomic mass is 127. The molecule has 1 aromatic carbocycles. The Bertz CT molecular complexity index is 307. The molecule has 0 spiro atoms. The van der Waals surface area contributed by atoms with Gasteiger partial charge in [-0.1, -0.05) is 6.07 Å². The summed E-state index contributed by atoms with van der Waals surface area (Å²) in [7, 11) is 0. The van der Waals surface area contributed by atoms with Crippen LogP contribution in [0, 0.1) is 0 Å². The predicted octanol–water partition coefficient (Wildman–Crippen LogP) is -0.575. The van der Waals surface area contributed by atoms with E-state index in [1.807, 2.05) is 54.1 Å². The van der Waals surface area contributed by atoms with Gasteiger partial charge in [0.2, 0.25) is 0 Å². The maximum Gasteiger partial charge on any atom is 0.367 e. The molecule has 0 saturated carbocycles. The highest BCUT2D eigenvalue weighted by molar-refractivity contribution is 5.32. The molecule has 0 bridgehead atoms. The van der Waals surface area contributed by atoms with Crippen molar-refractivity contribution in [3.05, 3.63) is 24.3 Å². The van der Waals surface area contributed by atoms with E-state index >= 15 is 0 Å². The molecular formula is C13H21INO2+. The Morgan fingerprint density at radius 3 is 2.59 bits per heavy atom. The first-order chi connectivity index (χ1) is 8.36. The number of rotatable bonds is 9. The molecular weight excluding hydrogens is 329 g/mol. The smallest absolute Gasteiger partial charge is 0.367 e. The molecule has 0 saturated heterocycles. The molecule has 17 heavy (non-hydrogen) atoms. The van der Waals surface area contributed by atoms with Crippen molar-refractivity contribution in [3.8, 4) is 11.5 Å². The SMILES string of the molecule is CCOc1cccc(OCCCCCN[IH+])c1. The average molecular weight is 350 g/mol. The molecule has 0 unspecified atom stereocenters. The normalized spacial score (nSPS) is 10.2. The summed E-state index contributed by atoms with van der Waals surface area (Å²) in [6.45, 7) is 4.54. The summed E-state index contributed by atoms with van der Waals surface area (Å²) in [4.78, 5) is 0. The van der Waals surface area contributed by atoms with Crippen molar-refractivity contribution < 1.29 is 32.3 Å². The third kappa shape index (κ3) is 6.73. The lowest BCUT2D eigenvalue weighted by molar-refractivity contribution is -0.442. The number of nitrogens with one attached hydrogen (secondary N) is 1. The van der Waals surface area contributed by atoms with Gasteiger partial charge in [-0.05, 0) is 38.3 Å². The Kier molecular flexibility index (Phi) is 8.17. The van der Waals surface area contributed by atoms with Crippen molar-refractivity contribution in [3.63, 3.8) is 0 Å². The standard InChI is InChI=1S/C13H21INO2/c1-2-16-12-7-6-8-13(11-12)17-10-5-3-4-9-15-14/h6-8,11,14-15H,2-5,9-10H2,1H3/q+1. The van der Waals surface area contributed by atoms with Gasteiger partial charge in [0.15, 0.2) is 0 Å². The van der Waals surface area contributed by atoms with Crippen molar-refractivity contribution in [2.75, 3.05) is 19.8 Å².